The van der Waals surface area contributed by atoms with Crippen LogP contribution in [0.1, 0.15) is 49.4 Å². The van der Waals surface area contributed by atoms with Gasteiger partial charge >= 0.3 is 0 Å². The fourth-order valence-corrected chi connectivity index (χ4v) is 5.99. The maximum Gasteiger partial charge on any atom is 0.264 e. The number of nitrogens with one attached hydrogen (secondary N) is 1. The monoisotopic (exact) mass is 597 g/mol. The molecule has 0 aliphatic carbocycles. The summed E-state index contributed by atoms with van der Waals surface area (Å²) in [5.74, 6) is -0.501. The number of hydrogen-bond donors (Lipinski definition) is 1. The number of hydrogen-bond acceptors (Lipinski definition) is 4. The number of halogens is 1. The van der Waals surface area contributed by atoms with Crippen LogP contribution in [0.5, 0.6) is 0 Å². The maximum atomic E-state index is 14.2. The average molecular weight is 598 g/mol. The molecule has 0 aliphatic rings. The Kier molecular flexibility index (Phi) is 11.0. The van der Waals surface area contributed by atoms with Gasteiger partial charge in [0.15, 0.2) is 0 Å². The minimum Gasteiger partial charge on any atom is -0.354 e. The predicted molar refractivity (Wildman–Crippen MR) is 166 cm³/mol. The summed E-state index contributed by atoms with van der Waals surface area (Å²) in [5.41, 5.74) is 4.11. The number of carbonyl (C=O) groups is 2. The summed E-state index contributed by atoms with van der Waals surface area (Å²) in [6.07, 6.45) is 0.370. The van der Waals surface area contributed by atoms with Crippen LogP contribution < -0.4 is 9.62 Å². The van der Waals surface area contributed by atoms with Crippen LogP contribution >= 0.6 is 11.6 Å². The Labute approximate surface area is 249 Å². The third kappa shape index (κ3) is 8.11. The van der Waals surface area contributed by atoms with Gasteiger partial charge in [0.25, 0.3) is 10.0 Å². The first-order chi connectivity index (χ1) is 19.3. The van der Waals surface area contributed by atoms with E-state index in [4.69, 9.17) is 11.6 Å². The molecule has 1 N–H and O–H groups in total. The van der Waals surface area contributed by atoms with Gasteiger partial charge in [0.05, 0.1) is 10.6 Å². The molecule has 0 saturated heterocycles. The molecule has 0 aromatic heterocycles. The molecule has 0 fully saturated rings. The Morgan fingerprint density at radius 3 is 2.15 bits per heavy atom. The van der Waals surface area contributed by atoms with Crippen LogP contribution in [0.15, 0.2) is 71.6 Å². The zero-order chi connectivity index (χ0) is 30.3. The van der Waals surface area contributed by atoms with E-state index < -0.39 is 28.5 Å². The lowest BCUT2D eigenvalue weighted by Gasteiger charge is -2.33. The molecule has 3 aromatic carbocycles. The number of nitrogens with zero attached hydrogens (tertiary/aromatic N) is 2. The van der Waals surface area contributed by atoms with E-state index in [1.165, 1.54) is 29.2 Å². The highest BCUT2D eigenvalue weighted by atomic mass is 35.5. The van der Waals surface area contributed by atoms with Gasteiger partial charge in [-0.3, -0.25) is 13.9 Å². The number of anilines is 1. The molecule has 0 unspecified atom stereocenters. The second-order valence-corrected chi connectivity index (χ2v) is 13.0. The van der Waals surface area contributed by atoms with E-state index in [-0.39, 0.29) is 23.3 Å². The van der Waals surface area contributed by atoms with Gasteiger partial charge in [-0.25, -0.2) is 8.42 Å². The van der Waals surface area contributed by atoms with E-state index in [1.54, 1.807) is 12.1 Å². The number of amides is 2. The number of benzene rings is 3. The summed E-state index contributed by atoms with van der Waals surface area (Å²) in [7, 11) is -4.16. The molecule has 0 spiro atoms. The van der Waals surface area contributed by atoms with Crippen LogP contribution in [0.2, 0.25) is 5.02 Å². The molecule has 0 bridgehead atoms. The molecule has 0 aliphatic heterocycles. The third-order valence-corrected chi connectivity index (χ3v) is 9.17. The van der Waals surface area contributed by atoms with Crippen LogP contribution in [0.3, 0.4) is 0 Å². The molecule has 0 heterocycles. The largest absolute Gasteiger partial charge is 0.354 e. The van der Waals surface area contributed by atoms with E-state index >= 15 is 0 Å². The highest BCUT2D eigenvalue weighted by molar-refractivity contribution is 7.92. The second-order valence-electron chi connectivity index (χ2n) is 10.7. The standard InChI is InChI=1S/C32H40ClN3O4S/c1-7-30(32(38)34-19-22(2)3)35(20-26-11-9-8-10-24(26)5)31(37)21-36(28-15-12-23(4)25(6)18-28)41(39,40)29-16-13-27(33)14-17-29/h8-18,22,30H,7,19-21H2,1-6H3,(H,34,38)/t30-/m0/s1. The molecule has 41 heavy (non-hydrogen) atoms. The molecule has 9 heteroatoms. The molecular formula is C32H40ClN3O4S. The van der Waals surface area contributed by atoms with Gasteiger partial charge < -0.3 is 10.2 Å². The van der Waals surface area contributed by atoms with Gasteiger partial charge in [-0.15, -0.1) is 0 Å². The summed E-state index contributed by atoms with van der Waals surface area (Å²) >= 11 is 6.03. The summed E-state index contributed by atoms with van der Waals surface area (Å²) < 4.78 is 29.1. The molecule has 0 saturated carbocycles. The fraction of sp³-hybridized carbons (Fsp3) is 0.375. The lowest BCUT2D eigenvalue weighted by atomic mass is 10.1. The maximum absolute atomic E-state index is 14.2. The van der Waals surface area contributed by atoms with Crippen molar-refractivity contribution in [1.29, 1.82) is 0 Å². The number of carbonyl (C=O) groups excluding carboxylic acids is 2. The quantitative estimate of drug-likeness (QED) is 0.276. The van der Waals surface area contributed by atoms with Crippen LogP contribution in [-0.2, 0) is 26.2 Å². The molecule has 1 atom stereocenters. The lowest BCUT2D eigenvalue weighted by molar-refractivity contribution is -0.140. The summed E-state index contributed by atoms with van der Waals surface area (Å²) in [4.78, 5) is 29.0. The van der Waals surface area contributed by atoms with E-state index in [1.807, 2.05) is 71.9 Å². The van der Waals surface area contributed by atoms with Gasteiger partial charge in [-0.1, -0.05) is 62.7 Å². The van der Waals surface area contributed by atoms with Crippen LogP contribution in [0.25, 0.3) is 0 Å². The van der Waals surface area contributed by atoms with Gasteiger partial charge in [0, 0.05) is 18.1 Å². The van der Waals surface area contributed by atoms with Crippen molar-refractivity contribution in [3.05, 3.63) is 94.0 Å². The smallest absolute Gasteiger partial charge is 0.264 e. The van der Waals surface area contributed by atoms with Crippen molar-refractivity contribution >= 4 is 39.1 Å². The van der Waals surface area contributed by atoms with Crippen molar-refractivity contribution in [2.75, 3.05) is 17.4 Å². The van der Waals surface area contributed by atoms with Crippen molar-refractivity contribution in [3.8, 4) is 0 Å². The number of rotatable bonds is 12. The van der Waals surface area contributed by atoms with Crippen molar-refractivity contribution < 1.29 is 18.0 Å². The highest BCUT2D eigenvalue weighted by Crippen LogP contribution is 2.27. The van der Waals surface area contributed by atoms with Crippen LogP contribution in [0, 0.1) is 26.7 Å². The van der Waals surface area contributed by atoms with E-state index in [0.717, 1.165) is 26.6 Å². The Bertz CT molecular complexity index is 1470. The van der Waals surface area contributed by atoms with E-state index in [0.29, 0.717) is 23.7 Å². The predicted octanol–water partition coefficient (Wildman–Crippen LogP) is 6.04. The molecule has 0 radical (unpaired) electrons. The minimum atomic E-state index is -4.16. The van der Waals surface area contributed by atoms with Gasteiger partial charge in [0.1, 0.15) is 12.6 Å². The van der Waals surface area contributed by atoms with Crippen molar-refractivity contribution in [1.82, 2.24) is 10.2 Å². The first-order valence-corrected chi connectivity index (χ1v) is 15.6. The minimum absolute atomic E-state index is 0.0140. The first kappa shape index (κ1) is 32.2. The number of sulfonamides is 1. The molecule has 220 valence electrons. The summed E-state index contributed by atoms with van der Waals surface area (Å²) in [6.45, 7) is 11.8. The van der Waals surface area contributed by atoms with Crippen molar-refractivity contribution in [3.63, 3.8) is 0 Å². The van der Waals surface area contributed by atoms with Crippen LogP contribution in [0.4, 0.5) is 5.69 Å². The summed E-state index contributed by atoms with van der Waals surface area (Å²) in [6, 6.07) is 18.0. The van der Waals surface area contributed by atoms with E-state index in [9.17, 15) is 18.0 Å². The summed E-state index contributed by atoms with van der Waals surface area (Å²) in [5, 5.41) is 3.35. The van der Waals surface area contributed by atoms with Crippen molar-refractivity contribution in [2.24, 2.45) is 5.92 Å². The normalized spacial score (nSPS) is 12.2. The first-order valence-electron chi connectivity index (χ1n) is 13.8. The Balaban J connectivity index is 2.08. The van der Waals surface area contributed by atoms with Gasteiger partial charge in [-0.2, -0.15) is 0 Å². The Hall–Kier alpha value is -3.36. The molecule has 3 rings (SSSR count). The Morgan fingerprint density at radius 1 is 0.902 bits per heavy atom. The topological polar surface area (TPSA) is 86.8 Å². The molecule has 3 aromatic rings. The van der Waals surface area contributed by atoms with Gasteiger partial charge in [-0.05, 0) is 91.8 Å². The van der Waals surface area contributed by atoms with Gasteiger partial charge in [0.2, 0.25) is 11.8 Å². The molecule has 7 nitrogen and oxygen atoms in total. The average Bonchev–Trinajstić information content (AvgIpc) is 2.93. The number of aryl methyl sites for hydroxylation is 3. The van der Waals surface area contributed by atoms with E-state index in [2.05, 4.69) is 5.32 Å². The van der Waals surface area contributed by atoms with Crippen molar-refractivity contribution in [2.45, 2.75) is 65.4 Å². The SMILES string of the molecule is CC[C@@H](C(=O)NCC(C)C)N(Cc1ccccc1C)C(=O)CN(c1ccc(C)c(C)c1)S(=O)(=O)c1ccc(Cl)cc1. The lowest BCUT2D eigenvalue weighted by Crippen LogP contribution is -2.52. The zero-order valence-electron chi connectivity index (χ0n) is 24.6. The second kappa shape index (κ2) is 14.0. The highest BCUT2D eigenvalue weighted by Gasteiger charge is 2.34. The molecular weight excluding hydrogens is 558 g/mol. The Morgan fingerprint density at radius 2 is 1.56 bits per heavy atom. The van der Waals surface area contributed by atoms with Crippen LogP contribution in [-0.4, -0.2) is 44.3 Å². The zero-order valence-corrected chi connectivity index (χ0v) is 26.2. The molecule has 2 amide bonds. The third-order valence-electron chi connectivity index (χ3n) is 7.13. The fourth-order valence-electron chi connectivity index (χ4n) is 4.46.